The molecule has 0 spiro atoms. The van der Waals surface area contributed by atoms with Crippen LogP contribution in [-0.4, -0.2) is 48.6 Å². The van der Waals surface area contributed by atoms with Crippen molar-refractivity contribution < 1.29 is 4.74 Å². The topological polar surface area (TPSA) is 113 Å². The summed E-state index contributed by atoms with van der Waals surface area (Å²) in [4.78, 5) is 4.59. The molecule has 0 aliphatic heterocycles. The fourth-order valence-electron chi connectivity index (χ4n) is 2.85. The smallest absolute Gasteiger partial charge is 0.191 e. The van der Waals surface area contributed by atoms with Crippen LogP contribution in [-0.2, 0) is 11.2 Å². The van der Waals surface area contributed by atoms with Crippen LogP contribution in [0.25, 0.3) is 5.69 Å². The summed E-state index contributed by atoms with van der Waals surface area (Å²) in [5, 5.41) is 20.6. The SMILES string of the molecule is CCNC(=NCCCc1nn(-c2ccccc2)c(N)c1C#N)NCCCOCC.I. The second-order valence-corrected chi connectivity index (χ2v) is 6.41. The zero-order chi connectivity index (χ0) is 20.9. The number of nitrogens with zero attached hydrogens (tertiary/aromatic N) is 4. The maximum atomic E-state index is 9.49. The third-order valence-corrected chi connectivity index (χ3v) is 4.25. The minimum absolute atomic E-state index is 0. The van der Waals surface area contributed by atoms with E-state index in [4.69, 9.17) is 10.5 Å². The molecule has 0 fully saturated rings. The number of anilines is 1. The van der Waals surface area contributed by atoms with Crippen LogP contribution in [0, 0.1) is 11.3 Å². The molecule has 0 amide bonds. The van der Waals surface area contributed by atoms with Gasteiger partial charge < -0.3 is 21.1 Å². The van der Waals surface area contributed by atoms with E-state index in [1.807, 2.05) is 44.2 Å². The number of nitrogens with two attached hydrogens (primary N) is 1. The summed E-state index contributed by atoms with van der Waals surface area (Å²) < 4.78 is 6.97. The van der Waals surface area contributed by atoms with Crippen molar-refractivity contribution in [2.45, 2.75) is 33.1 Å². The largest absolute Gasteiger partial charge is 0.382 e. The summed E-state index contributed by atoms with van der Waals surface area (Å²) >= 11 is 0. The number of nitriles is 1. The third kappa shape index (κ3) is 7.84. The van der Waals surface area contributed by atoms with Crippen molar-refractivity contribution in [1.29, 1.82) is 5.26 Å². The van der Waals surface area contributed by atoms with E-state index in [0.717, 1.165) is 50.8 Å². The maximum Gasteiger partial charge on any atom is 0.191 e. The molecule has 2 aromatic rings. The van der Waals surface area contributed by atoms with Crippen LogP contribution in [0.3, 0.4) is 0 Å². The van der Waals surface area contributed by atoms with Gasteiger partial charge in [0.2, 0.25) is 0 Å². The van der Waals surface area contributed by atoms with Gasteiger partial charge in [-0.15, -0.1) is 24.0 Å². The number of hydrogen-bond donors (Lipinski definition) is 3. The number of para-hydroxylation sites is 1. The molecule has 0 radical (unpaired) electrons. The van der Waals surface area contributed by atoms with Gasteiger partial charge in [-0.2, -0.15) is 10.4 Å². The Kier molecular flexibility index (Phi) is 12.5. The fourth-order valence-corrected chi connectivity index (χ4v) is 2.85. The lowest BCUT2D eigenvalue weighted by molar-refractivity contribution is 0.145. The fraction of sp³-hybridized carbons (Fsp3) is 0.476. The number of hydrogen-bond acceptors (Lipinski definition) is 5. The lowest BCUT2D eigenvalue weighted by Crippen LogP contribution is -2.38. The molecular weight excluding hydrogens is 493 g/mol. The molecule has 2 rings (SSSR count). The Hall–Kier alpha value is -2.32. The van der Waals surface area contributed by atoms with Crippen LogP contribution >= 0.6 is 24.0 Å². The quantitative estimate of drug-likeness (QED) is 0.180. The second-order valence-electron chi connectivity index (χ2n) is 6.41. The van der Waals surface area contributed by atoms with E-state index in [-0.39, 0.29) is 24.0 Å². The number of halogens is 1. The van der Waals surface area contributed by atoms with Crippen molar-refractivity contribution in [2.75, 3.05) is 38.6 Å². The lowest BCUT2D eigenvalue weighted by Gasteiger charge is -2.11. The second kappa shape index (κ2) is 14.6. The van der Waals surface area contributed by atoms with Crippen molar-refractivity contribution >= 4 is 35.8 Å². The van der Waals surface area contributed by atoms with Crippen LogP contribution in [0.5, 0.6) is 0 Å². The zero-order valence-electron chi connectivity index (χ0n) is 17.7. The average molecular weight is 525 g/mol. The minimum Gasteiger partial charge on any atom is -0.382 e. The van der Waals surface area contributed by atoms with Crippen LogP contribution in [0.4, 0.5) is 5.82 Å². The van der Waals surface area contributed by atoms with Gasteiger partial charge in [-0.05, 0) is 45.2 Å². The molecule has 0 saturated carbocycles. The Morgan fingerprint density at radius 2 is 2.00 bits per heavy atom. The molecule has 8 nitrogen and oxygen atoms in total. The van der Waals surface area contributed by atoms with Gasteiger partial charge in [-0.1, -0.05) is 18.2 Å². The van der Waals surface area contributed by atoms with E-state index >= 15 is 0 Å². The van der Waals surface area contributed by atoms with E-state index in [2.05, 4.69) is 26.8 Å². The molecule has 0 atom stereocenters. The molecule has 1 heterocycles. The van der Waals surface area contributed by atoms with Crippen molar-refractivity contribution in [3.05, 3.63) is 41.6 Å². The third-order valence-electron chi connectivity index (χ3n) is 4.25. The molecule has 1 aromatic carbocycles. The van der Waals surface area contributed by atoms with Gasteiger partial charge in [-0.25, -0.2) is 4.68 Å². The van der Waals surface area contributed by atoms with Crippen molar-refractivity contribution in [2.24, 2.45) is 4.99 Å². The molecule has 0 saturated heterocycles. The molecule has 0 bridgehead atoms. The van der Waals surface area contributed by atoms with Gasteiger partial charge in [0, 0.05) is 32.8 Å². The highest BCUT2D eigenvalue weighted by atomic mass is 127. The summed E-state index contributed by atoms with van der Waals surface area (Å²) in [6, 6.07) is 11.8. The first-order valence-corrected chi connectivity index (χ1v) is 10.1. The van der Waals surface area contributed by atoms with E-state index in [9.17, 15) is 5.26 Å². The Morgan fingerprint density at radius 3 is 2.67 bits per heavy atom. The minimum atomic E-state index is 0. The van der Waals surface area contributed by atoms with Gasteiger partial charge >= 0.3 is 0 Å². The maximum absolute atomic E-state index is 9.49. The molecule has 9 heteroatoms. The molecule has 1 aromatic heterocycles. The number of ether oxygens (including phenoxy) is 1. The van der Waals surface area contributed by atoms with Gasteiger partial charge in [0.15, 0.2) is 5.96 Å². The molecule has 0 unspecified atom stereocenters. The lowest BCUT2D eigenvalue weighted by atomic mass is 10.1. The van der Waals surface area contributed by atoms with Gasteiger partial charge in [-0.3, -0.25) is 4.99 Å². The average Bonchev–Trinajstić information content (AvgIpc) is 3.06. The van der Waals surface area contributed by atoms with Crippen molar-refractivity contribution in [1.82, 2.24) is 20.4 Å². The zero-order valence-corrected chi connectivity index (χ0v) is 20.1. The monoisotopic (exact) mass is 525 g/mol. The van der Waals surface area contributed by atoms with E-state index < -0.39 is 0 Å². The predicted molar refractivity (Wildman–Crippen MR) is 132 cm³/mol. The molecule has 4 N–H and O–H groups in total. The summed E-state index contributed by atoms with van der Waals surface area (Å²) in [6.07, 6.45) is 2.34. The van der Waals surface area contributed by atoms with Crippen LogP contribution in [0.1, 0.15) is 37.9 Å². The summed E-state index contributed by atoms with van der Waals surface area (Å²) in [7, 11) is 0. The van der Waals surface area contributed by atoms with Crippen LogP contribution < -0.4 is 16.4 Å². The molecule has 164 valence electrons. The highest BCUT2D eigenvalue weighted by molar-refractivity contribution is 14.0. The first-order chi connectivity index (χ1) is 14.2. The van der Waals surface area contributed by atoms with E-state index in [1.54, 1.807) is 4.68 Å². The van der Waals surface area contributed by atoms with Gasteiger partial charge in [0.1, 0.15) is 17.5 Å². The van der Waals surface area contributed by atoms with E-state index in [0.29, 0.717) is 30.0 Å². The van der Waals surface area contributed by atoms with Crippen LogP contribution in [0.15, 0.2) is 35.3 Å². The predicted octanol–water partition coefficient (Wildman–Crippen LogP) is 2.86. The number of benzene rings is 1. The van der Waals surface area contributed by atoms with Gasteiger partial charge in [0.05, 0.1) is 11.4 Å². The number of rotatable bonds is 11. The first-order valence-electron chi connectivity index (χ1n) is 10.1. The van der Waals surface area contributed by atoms with Crippen molar-refractivity contribution in [3.63, 3.8) is 0 Å². The number of guanidine groups is 1. The molecular formula is C21H32IN7O. The number of nitrogen functional groups attached to an aromatic ring is 1. The Balaban J connectivity index is 0.00000450. The summed E-state index contributed by atoms with van der Waals surface area (Å²) in [6.45, 7) is 7.75. The highest BCUT2D eigenvalue weighted by Gasteiger charge is 2.16. The first kappa shape index (κ1) is 25.7. The van der Waals surface area contributed by atoms with Gasteiger partial charge in [0.25, 0.3) is 0 Å². The Bertz CT molecular complexity index is 815. The van der Waals surface area contributed by atoms with Crippen LogP contribution in [0.2, 0.25) is 0 Å². The highest BCUT2D eigenvalue weighted by Crippen LogP contribution is 2.21. The standard InChI is InChI=1S/C21H31N7O.HI/c1-3-24-21(26-14-9-15-29-4-2)25-13-8-12-19-18(16-22)20(23)28(27-19)17-10-6-5-7-11-17;/h5-7,10-11H,3-4,8-9,12-15,23H2,1-2H3,(H2,24,25,26);1H. The number of nitrogens with one attached hydrogen (secondary N) is 2. The number of aromatic nitrogens is 2. The molecule has 0 aliphatic rings. The van der Waals surface area contributed by atoms with Crippen molar-refractivity contribution in [3.8, 4) is 11.8 Å². The summed E-state index contributed by atoms with van der Waals surface area (Å²) in [5.41, 5.74) is 8.14. The number of aliphatic imine (C=N–C) groups is 1. The summed E-state index contributed by atoms with van der Waals surface area (Å²) in [5.74, 6) is 1.17. The van der Waals surface area contributed by atoms with E-state index in [1.165, 1.54) is 0 Å². The Labute approximate surface area is 195 Å². The Morgan fingerprint density at radius 1 is 1.23 bits per heavy atom. The normalized spacial score (nSPS) is 10.9. The molecule has 0 aliphatic carbocycles. The molecule has 30 heavy (non-hydrogen) atoms. The number of aryl methyl sites for hydroxylation is 1.